The lowest BCUT2D eigenvalue weighted by atomic mass is 10.1. The number of hydrogen-bond acceptors (Lipinski definition) is 3. The molecule has 0 unspecified atom stereocenters. The third-order valence-electron chi connectivity index (χ3n) is 1.89. The van der Waals surface area contributed by atoms with Crippen LogP contribution in [0.15, 0.2) is 6.07 Å². The van der Waals surface area contributed by atoms with Gasteiger partial charge in [0.2, 0.25) is 0 Å². The predicted octanol–water partition coefficient (Wildman–Crippen LogP) is 3.31. The van der Waals surface area contributed by atoms with Crippen molar-refractivity contribution in [1.82, 2.24) is 4.98 Å². The number of ether oxygens (including phenoxy) is 1. The van der Waals surface area contributed by atoms with Crippen molar-refractivity contribution in [1.29, 1.82) is 0 Å². The van der Waals surface area contributed by atoms with Crippen molar-refractivity contribution in [3.8, 4) is 5.75 Å². The molecule has 3 nitrogen and oxygen atoms in total. The minimum absolute atomic E-state index is 0.186. The number of rotatable bonds is 4. The molecule has 0 radical (unpaired) electrons. The summed E-state index contributed by atoms with van der Waals surface area (Å²) in [6.07, 6.45) is -8.27. The molecule has 0 atom stereocenters. The fourth-order valence-corrected chi connectivity index (χ4v) is 1.69. The van der Waals surface area contributed by atoms with E-state index in [0.717, 1.165) is 0 Å². The minimum Gasteiger partial charge on any atom is -0.405 e. The van der Waals surface area contributed by atoms with E-state index in [1.165, 1.54) is 0 Å². The molecule has 0 aliphatic rings. The Morgan fingerprint density at radius 3 is 2.39 bits per heavy atom. The summed E-state index contributed by atoms with van der Waals surface area (Å²) in [6.45, 7) is -0.683. The molecule has 1 N–H and O–H groups in total. The Labute approximate surface area is 107 Å². The molecule has 0 spiro atoms. The van der Waals surface area contributed by atoms with E-state index in [1.54, 1.807) is 0 Å². The predicted molar refractivity (Wildman–Crippen MR) is 54.4 cm³/mol. The van der Waals surface area contributed by atoms with Gasteiger partial charge in [0.05, 0.1) is 23.6 Å². The van der Waals surface area contributed by atoms with E-state index < -0.39 is 30.7 Å². The fraction of sp³-hybridized carbons (Fsp3) is 0.444. The first kappa shape index (κ1) is 15.1. The van der Waals surface area contributed by atoms with Crippen LogP contribution in [-0.2, 0) is 11.9 Å². The van der Waals surface area contributed by atoms with Crippen LogP contribution in [0.3, 0.4) is 0 Å². The first-order chi connectivity index (χ1) is 8.28. The van der Waals surface area contributed by atoms with E-state index in [9.17, 15) is 22.0 Å². The Morgan fingerprint density at radius 1 is 1.39 bits per heavy atom. The molecule has 0 saturated carbocycles. The van der Waals surface area contributed by atoms with E-state index >= 15 is 0 Å². The zero-order valence-electron chi connectivity index (χ0n) is 8.64. The molecule has 0 aromatic carbocycles. The smallest absolute Gasteiger partial charge is 0.405 e. The summed E-state index contributed by atoms with van der Waals surface area (Å²) < 4.78 is 65.2. The molecule has 0 fully saturated rings. The Balaban J connectivity index is 3.34. The third-order valence-corrected chi connectivity index (χ3v) is 2.42. The monoisotopic (exact) mass is 335 g/mol. The number of aliphatic hydroxyl groups is 1. The summed E-state index contributed by atoms with van der Waals surface area (Å²) in [5.74, 6) is -1.05. The molecular formula is C9H7BrF5NO2. The molecule has 0 aliphatic carbocycles. The summed E-state index contributed by atoms with van der Waals surface area (Å²) in [4.78, 5) is 3.60. The van der Waals surface area contributed by atoms with Gasteiger partial charge in [0.15, 0.2) is 0 Å². The first-order valence-corrected chi connectivity index (χ1v) is 5.64. The van der Waals surface area contributed by atoms with Gasteiger partial charge in [-0.1, -0.05) is 15.9 Å². The van der Waals surface area contributed by atoms with Gasteiger partial charge < -0.3 is 9.84 Å². The molecule has 0 bridgehead atoms. The van der Waals surface area contributed by atoms with Gasteiger partial charge in [-0.3, -0.25) is 4.98 Å². The molecule has 0 saturated heterocycles. The van der Waals surface area contributed by atoms with Gasteiger partial charge in [0.1, 0.15) is 5.75 Å². The number of halogens is 6. The maximum Gasteiger partial charge on any atom is 0.573 e. The van der Waals surface area contributed by atoms with E-state index in [1.807, 2.05) is 0 Å². The lowest BCUT2D eigenvalue weighted by Crippen LogP contribution is -2.19. The fourth-order valence-electron chi connectivity index (χ4n) is 1.26. The van der Waals surface area contributed by atoms with Crippen LogP contribution < -0.4 is 4.74 Å². The van der Waals surface area contributed by atoms with Crippen LogP contribution in [0, 0.1) is 0 Å². The number of pyridine rings is 1. The number of hydrogen-bond donors (Lipinski definition) is 1. The van der Waals surface area contributed by atoms with Gasteiger partial charge in [0, 0.05) is 11.4 Å². The summed E-state index contributed by atoms with van der Waals surface area (Å²) >= 11 is 2.84. The zero-order valence-corrected chi connectivity index (χ0v) is 10.2. The normalized spacial score (nSPS) is 12.0. The highest BCUT2D eigenvalue weighted by atomic mass is 79.9. The quantitative estimate of drug-likeness (QED) is 0.678. The average molecular weight is 336 g/mol. The molecule has 0 amide bonds. The topological polar surface area (TPSA) is 42.4 Å². The highest BCUT2D eigenvalue weighted by Crippen LogP contribution is 2.36. The van der Waals surface area contributed by atoms with Gasteiger partial charge in [-0.15, -0.1) is 13.2 Å². The van der Waals surface area contributed by atoms with Crippen LogP contribution in [0.25, 0.3) is 0 Å². The summed E-state index contributed by atoms with van der Waals surface area (Å²) in [6, 6.07) is 0.640. The maximum absolute atomic E-state index is 12.7. The Morgan fingerprint density at radius 2 is 2.00 bits per heavy atom. The molecule has 1 rings (SSSR count). The van der Waals surface area contributed by atoms with Crippen molar-refractivity contribution < 1.29 is 31.8 Å². The van der Waals surface area contributed by atoms with Crippen LogP contribution in [0.4, 0.5) is 22.0 Å². The Hall–Kier alpha value is -0.960. The molecule has 1 aromatic rings. The van der Waals surface area contributed by atoms with E-state index in [0.29, 0.717) is 6.07 Å². The van der Waals surface area contributed by atoms with Crippen molar-refractivity contribution in [3.63, 3.8) is 0 Å². The molecular weight excluding hydrogens is 329 g/mol. The van der Waals surface area contributed by atoms with Crippen LogP contribution in [-0.4, -0.2) is 16.5 Å². The van der Waals surface area contributed by atoms with Crippen molar-refractivity contribution in [2.75, 3.05) is 0 Å². The highest BCUT2D eigenvalue weighted by molar-refractivity contribution is 9.08. The zero-order chi connectivity index (χ0) is 13.9. The third kappa shape index (κ3) is 3.77. The largest absolute Gasteiger partial charge is 0.573 e. The first-order valence-electron chi connectivity index (χ1n) is 4.52. The Bertz CT molecular complexity index is 424. The van der Waals surface area contributed by atoms with E-state index in [2.05, 4.69) is 25.7 Å². The second-order valence-electron chi connectivity index (χ2n) is 3.11. The van der Waals surface area contributed by atoms with E-state index in [-0.39, 0.29) is 16.7 Å². The number of nitrogens with zero attached hydrogens (tertiary/aromatic N) is 1. The lowest BCUT2D eigenvalue weighted by molar-refractivity contribution is -0.275. The van der Waals surface area contributed by atoms with Crippen LogP contribution in [0.2, 0.25) is 0 Å². The van der Waals surface area contributed by atoms with Gasteiger partial charge in [0.25, 0.3) is 6.43 Å². The van der Waals surface area contributed by atoms with Crippen molar-refractivity contribution in [2.24, 2.45) is 0 Å². The van der Waals surface area contributed by atoms with Gasteiger partial charge in [-0.25, -0.2) is 8.78 Å². The lowest BCUT2D eigenvalue weighted by Gasteiger charge is -2.16. The van der Waals surface area contributed by atoms with Crippen molar-refractivity contribution in [3.05, 3.63) is 23.0 Å². The molecule has 0 aliphatic heterocycles. The van der Waals surface area contributed by atoms with Crippen molar-refractivity contribution in [2.45, 2.75) is 24.7 Å². The number of aromatic nitrogens is 1. The standard InChI is InChI=1S/C9H7BrF5NO2/c10-2-5-7(8(11)12)6(18-9(13,14)15)1-4(3-17)16-5/h1,8,17H,2-3H2. The molecule has 1 aromatic heterocycles. The van der Waals surface area contributed by atoms with Gasteiger partial charge >= 0.3 is 6.36 Å². The molecule has 1 heterocycles. The SMILES string of the molecule is OCc1cc(OC(F)(F)F)c(C(F)F)c(CBr)n1. The molecule has 9 heteroatoms. The van der Waals surface area contributed by atoms with Gasteiger partial charge in [-0.05, 0) is 0 Å². The summed E-state index contributed by atoms with van der Waals surface area (Å²) in [5.41, 5.74) is -1.44. The van der Waals surface area contributed by atoms with E-state index in [4.69, 9.17) is 5.11 Å². The average Bonchev–Trinajstić information content (AvgIpc) is 2.25. The maximum atomic E-state index is 12.7. The summed E-state index contributed by atoms with van der Waals surface area (Å²) in [5, 5.41) is 8.62. The van der Waals surface area contributed by atoms with Crippen LogP contribution in [0.1, 0.15) is 23.4 Å². The van der Waals surface area contributed by atoms with Crippen LogP contribution >= 0.6 is 15.9 Å². The minimum atomic E-state index is -5.10. The number of alkyl halides is 6. The van der Waals surface area contributed by atoms with Gasteiger partial charge in [-0.2, -0.15) is 0 Å². The molecule has 18 heavy (non-hydrogen) atoms. The molecule has 102 valence electrons. The van der Waals surface area contributed by atoms with Crippen molar-refractivity contribution >= 4 is 15.9 Å². The number of aliphatic hydroxyl groups excluding tert-OH is 1. The van der Waals surface area contributed by atoms with Crippen LogP contribution in [0.5, 0.6) is 5.75 Å². The highest BCUT2D eigenvalue weighted by Gasteiger charge is 2.34. The second kappa shape index (κ2) is 5.79. The summed E-state index contributed by atoms with van der Waals surface area (Å²) in [7, 11) is 0. The Kier molecular flexibility index (Phi) is 4.85. The second-order valence-corrected chi connectivity index (χ2v) is 3.67.